The Hall–Kier alpha value is -2.45. The van der Waals surface area contributed by atoms with Crippen LogP contribution in [0.5, 0.6) is 0 Å². The summed E-state index contributed by atoms with van der Waals surface area (Å²) in [5.74, 6) is -1.69. The van der Waals surface area contributed by atoms with Gasteiger partial charge >= 0.3 is 23.9 Å². The molecular weight excluding hydrogens is 341 g/mol. The van der Waals surface area contributed by atoms with Gasteiger partial charge in [-0.1, -0.05) is 17.7 Å². The van der Waals surface area contributed by atoms with Crippen molar-refractivity contribution < 1.29 is 32.2 Å². The molecule has 0 aliphatic rings. The van der Waals surface area contributed by atoms with E-state index < -0.39 is 30.0 Å². The van der Waals surface area contributed by atoms with Crippen molar-refractivity contribution in [3.05, 3.63) is 29.8 Å². The molecule has 1 amide bonds. The van der Waals surface area contributed by atoms with Crippen molar-refractivity contribution in [3.8, 4) is 0 Å². The number of hydrogen-bond donors (Lipinski definition) is 2. The number of anilines is 1. The number of rotatable bonds is 6. The molecule has 0 fully saturated rings. The zero-order valence-corrected chi connectivity index (χ0v) is 14.4. The Morgan fingerprint density at radius 2 is 1.72 bits per heavy atom. The van der Waals surface area contributed by atoms with Crippen LogP contribution >= 0.6 is 0 Å². The Kier molecular flexibility index (Phi) is 6.66. The molecule has 2 N–H and O–H groups in total. The topological polar surface area (TPSA) is 76.7 Å². The first-order chi connectivity index (χ1) is 11.5. The highest BCUT2D eigenvalue weighted by atomic mass is 19.4. The van der Waals surface area contributed by atoms with Crippen molar-refractivity contribution in [2.24, 2.45) is 0 Å². The second kappa shape index (κ2) is 8.09. The van der Waals surface area contributed by atoms with Gasteiger partial charge in [0, 0.05) is 5.69 Å². The fourth-order valence-corrected chi connectivity index (χ4v) is 1.88. The van der Waals surface area contributed by atoms with Gasteiger partial charge < -0.3 is 14.8 Å². The van der Waals surface area contributed by atoms with E-state index in [-0.39, 0.29) is 12.3 Å². The lowest BCUT2D eigenvalue weighted by atomic mass is 10.1. The van der Waals surface area contributed by atoms with Crippen molar-refractivity contribution in [3.63, 3.8) is 0 Å². The van der Waals surface area contributed by atoms with Crippen molar-refractivity contribution in [2.45, 2.75) is 45.6 Å². The van der Waals surface area contributed by atoms with Gasteiger partial charge in [0.15, 0.2) is 0 Å². The molecule has 1 atom stereocenters. The Morgan fingerprint density at radius 1 is 1.16 bits per heavy atom. The summed E-state index contributed by atoms with van der Waals surface area (Å²) in [5.41, 5.74) is -2.70. The molecule has 0 aliphatic carbocycles. The predicted octanol–water partition coefficient (Wildman–Crippen LogP) is 3.36. The number of ether oxygens (including phenoxy) is 2. The van der Waals surface area contributed by atoms with E-state index in [0.29, 0.717) is 0 Å². The first-order valence-corrected chi connectivity index (χ1v) is 7.59. The highest BCUT2D eigenvalue weighted by molar-refractivity contribution is 5.89. The van der Waals surface area contributed by atoms with Crippen molar-refractivity contribution >= 4 is 17.7 Å². The largest absolute Gasteiger partial charge is 0.463 e. The minimum Gasteiger partial charge on any atom is -0.463 e. The molecule has 0 radical (unpaired) electrons. The molecule has 0 saturated heterocycles. The van der Waals surface area contributed by atoms with Crippen LogP contribution in [0.1, 0.15) is 26.3 Å². The van der Waals surface area contributed by atoms with Crippen molar-refractivity contribution in [2.75, 3.05) is 11.9 Å². The van der Waals surface area contributed by atoms with Crippen LogP contribution in [0.3, 0.4) is 0 Å². The van der Waals surface area contributed by atoms with Gasteiger partial charge in [0.25, 0.3) is 0 Å². The molecule has 1 unspecified atom stereocenters. The number of hydrogen-bond acceptors (Lipinski definition) is 5. The molecule has 0 aromatic heterocycles. The standard InChI is InChI=1S/C16H21F3N2O4/c1-5-24-13(22)15(16(17,18)19,21-14(23)25-10(2)3)20-12-8-6-11(4)7-9-12/h6-10,20H,5H2,1-4H3,(H,21,23). The third-order valence-corrected chi connectivity index (χ3v) is 3.02. The molecule has 25 heavy (non-hydrogen) atoms. The van der Waals surface area contributed by atoms with Gasteiger partial charge in [0.1, 0.15) is 0 Å². The first-order valence-electron chi connectivity index (χ1n) is 7.59. The Balaban J connectivity index is 3.31. The maximum Gasteiger partial charge on any atom is 0.442 e. The SMILES string of the molecule is CCOC(=O)C(NC(=O)OC(C)C)(Nc1ccc(C)cc1)C(F)(F)F. The van der Waals surface area contributed by atoms with Gasteiger partial charge in [0.05, 0.1) is 12.7 Å². The number of nitrogens with one attached hydrogen (secondary N) is 2. The summed E-state index contributed by atoms with van der Waals surface area (Å²) >= 11 is 0. The van der Waals surface area contributed by atoms with Crippen LogP contribution in [-0.2, 0) is 14.3 Å². The smallest absolute Gasteiger partial charge is 0.442 e. The van der Waals surface area contributed by atoms with Crippen LogP contribution in [0, 0.1) is 6.92 Å². The molecule has 9 heteroatoms. The number of alkyl halides is 3. The zero-order chi connectivity index (χ0) is 19.3. The Labute approximate surface area is 143 Å². The molecule has 1 rings (SSSR count). The minimum absolute atomic E-state index is 0.0270. The average molecular weight is 362 g/mol. The van der Waals surface area contributed by atoms with E-state index in [4.69, 9.17) is 0 Å². The molecule has 140 valence electrons. The maximum atomic E-state index is 13.8. The summed E-state index contributed by atoms with van der Waals surface area (Å²) in [5, 5.41) is 3.61. The summed E-state index contributed by atoms with van der Waals surface area (Å²) in [6.07, 6.45) is -7.27. The molecule has 0 saturated carbocycles. The lowest BCUT2D eigenvalue weighted by Gasteiger charge is -2.35. The fourth-order valence-electron chi connectivity index (χ4n) is 1.88. The summed E-state index contributed by atoms with van der Waals surface area (Å²) in [4.78, 5) is 23.9. The monoisotopic (exact) mass is 362 g/mol. The van der Waals surface area contributed by atoms with E-state index >= 15 is 0 Å². The fraction of sp³-hybridized carbons (Fsp3) is 0.500. The number of esters is 1. The van der Waals surface area contributed by atoms with E-state index in [9.17, 15) is 22.8 Å². The molecule has 1 aromatic carbocycles. The van der Waals surface area contributed by atoms with Gasteiger partial charge in [-0.3, -0.25) is 5.32 Å². The van der Waals surface area contributed by atoms with Gasteiger partial charge in [-0.25, -0.2) is 9.59 Å². The molecular formula is C16H21F3N2O4. The number of aryl methyl sites for hydroxylation is 1. The van der Waals surface area contributed by atoms with Crippen LogP contribution in [0.25, 0.3) is 0 Å². The lowest BCUT2D eigenvalue weighted by Crippen LogP contribution is -2.69. The van der Waals surface area contributed by atoms with Gasteiger partial charge in [0.2, 0.25) is 0 Å². The average Bonchev–Trinajstić information content (AvgIpc) is 2.47. The highest BCUT2D eigenvalue weighted by Crippen LogP contribution is 2.33. The molecule has 0 aliphatic heterocycles. The molecule has 0 heterocycles. The molecule has 1 aromatic rings. The first kappa shape index (κ1) is 20.6. The molecule has 0 bridgehead atoms. The van der Waals surface area contributed by atoms with Crippen LogP contribution in [0.2, 0.25) is 0 Å². The summed E-state index contributed by atoms with van der Waals surface area (Å²) in [7, 11) is 0. The summed E-state index contributed by atoms with van der Waals surface area (Å²) in [6.45, 7) is 5.74. The van der Waals surface area contributed by atoms with Crippen LogP contribution in [0.15, 0.2) is 24.3 Å². The van der Waals surface area contributed by atoms with E-state index in [2.05, 4.69) is 9.47 Å². The highest BCUT2D eigenvalue weighted by Gasteiger charge is 2.64. The zero-order valence-electron chi connectivity index (χ0n) is 14.4. The summed E-state index contributed by atoms with van der Waals surface area (Å²) in [6, 6.07) is 5.82. The van der Waals surface area contributed by atoms with E-state index in [1.807, 2.05) is 5.32 Å². The quantitative estimate of drug-likeness (QED) is 0.599. The number of halogens is 3. The number of carbonyl (C=O) groups excluding carboxylic acids is 2. The van der Waals surface area contributed by atoms with E-state index in [0.717, 1.165) is 5.56 Å². The lowest BCUT2D eigenvalue weighted by molar-refractivity contribution is -0.205. The number of amides is 1. The molecule has 0 spiro atoms. The van der Waals surface area contributed by atoms with Crippen LogP contribution in [0.4, 0.5) is 23.7 Å². The Morgan fingerprint density at radius 3 is 2.16 bits per heavy atom. The number of carbonyl (C=O) groups is 2. The second-order valence-corrected chi connectivity index (χ2v) is 5.54. The second-order valence-electron chi connectivity index (χ2n) is 5.54. The summed E-state index contributed by atoms with van der Waals surface area (Å²) < 4.78 is 50.6. The minimum atomic E-state index is -5.19. The van der Waals surface area contributed by atoms with Gasteiger partial charge in [-0.05, 0) is 39.8 Å². The van der Waals surface area contributed by atoms with E-state index in [1.54, 1.807) is 24.4 Å². The normalized spacial score (nSPS) is 13.8. The molecule has 6 nitrogen and oxygen atoms in total. The maximum absolute atomic E-state index is 13.8. The third kappa shape index (κ3) is 5.27. The number of benzene rings is 1. The van der Waals surface area contributed by atoms with E-state index in [1.165, 1.54) is 32.9 Å². The Bertz CT molecular complexity index is 602. The van der Waals surface area contributed by atoms with Crippen molar-refractivity contribution in [1.29, 1.82) is 0 Å². The van der Waals surface area contributed by atoms with Gasteiger partial charge in [-0.2, -0.15) is 13.2 Å². The predicted molar refractivity (Wildman–Crippen MR) is 85.0 cm³/mol. The van der Waals surface area contributed by atoms with Crippen LogP contribution < -0.4 is 10.6 Å². The number of alkyl carbamates (subject to hydrolysis) is 1. The third-order valence-electron chi connectivity index (χ3n) is 3.02. The van der Waals surface area contributed by atoms with Gasteiger partial charge in [-0.15, -0.1) is 0 Å². The van der Waals surface area contributed by atoms with Crippen LogP contribution in [-0.4, -0.2) is 36.6 Å². The van der Waals surface area contributed by atoms with Crippen molar-refractivity contribution in [1.82, 2.24) is 5.32 Å².